The number of hydrogen-bond donors (Lipinski definition) is 3. The van der Waals surface area contributed by atoms with Gasteiger partial charge in [-0.05, 0) is 68.9 Å². The molecule has 2 aromatic rings. The van der Waals surface area contributed by atoms with Crippen LogP contribution in [0.5, 0.6) is 0 Å². The third-order valence-corrected chi connectivity index (χ3v) is 7.89. The molecule has 3 rings (SSSR count). The molecule has 1 aromatic heterocycles. The van der Waals surface area contributed by atoms with Gasteiger partial charge in [0.05, 0.1) is 17.9 Å². The second kappa shape index (κ2) is 12.0. The molecule has 3 N–H and O–H groups in total. The molecule has 0 saturated carbocycles. The lowest BCUT2D eigenvalue weighted by molar-refractivity contribution is 0.0930. The number of allylic oxidation sites excluding steroid dienone is 1. The van der Waals surface area contributed by atoms with Crippen molar-refractivity contribution in [3.05, 3.63) is 47.2 Å². The molecular formula is C25H37N5O5S. The Kier molecular flexibility index (Phi) is 9.26. The first kappa shape index (κ1) is 27.8. The number of amides is 1. The smallest absolute Gasteiger partial charge is 0.289 e. The number of sulfonamides is 1. The molecule has 11 heteroatoms. The van der Waals surface area contributed by atoms with Gasteiger partial charge in [0.1, 0.15) is 11.6 Å². The van der Waals surface area contributed by atoms with Crippen LogP contribution in [0.15, 0.2) is 40.5 Å². The van der Waals surface area contributed by atoms with Crippen molar-refractivity contribution in [2.45, 2.75) is 70.7 Å². The van der Waals surface area contributed by atoms with Crippen molar-refractivity contribution >= 4 is 15.9 Å². The van der Waals surface area contributed by atoms with Crippen LogP contribution in [-0.2, 0) is 16.4 Å². The summed E-state index contributed by atoms with van der Waals surface area (Å²) in [5, 5.41) is 31.5. The van der Waals surface area contributed by atoms with E-state index in [0.29, 0.717) is 36.6 Å². The van der Waals surface area contributed by atoms with Gasteiger partial charge in [-0.2, -0.15) is 4.31 Å². The van der Waals surface area contributed by atoms with Gasteiger partial charge in [-0.3, -0.25) is 9.36 Å². The molecule has 0 aliphatic carbocycles. The predicted octanol–water partition coefficient (Wildman–Crippen LogP) is 2.97. The molecule has 0 atom stereocenters. The van der Waals surface area contributed by atoms with Crippen molar-refractivity contribution in [2.75, 3.05) is 19.7 Å². The molecule has 1 saturated heterocycles. The third kappa shape index (κ3) is 6.51. The minimum absolute atomic E-state index is 0.0209. The summed E-state index contributed by atoms with van der Waals surface area (Å²) in [4.78, 5) is 13.0. The van der Waals surface area contributed by atoms with E-state index in [1.165, 1.54) is 21.0 Å². The standard InChI is InChI=1S/C25H37N5O5S/c1-17(2)14-19(16-31)22(32)15-23-27-28-24(25(33)26-18(3)4)30(23)20-8-10-21(11-9-20)36(34,35)29-12-6-5-7-13-29/h8-11,17-18,31-32H,5-7,12-16H2,1-4H3,(H,26,33). The van der Waals surface area contributed by atoms with E-state index in [1.54, 1.807) is 12.1 Å². The van der Waals surface area contributed by atoms with Gasteiger partial charge in [0.25, 0.3) is 5.91 Å². The summed E-state index contributed by atoms with van der Waals surface area (Å²) >= 11 is 0. The van der Waals surface area contributed by atoms with Crippen molar-refractivity contribution in [3.63, 3.8) is 0 Å². The van der Waals surface area contributed by atoms with Gasteiger partial charge >= 0.3 is 0 Å². The largest absolute Gasteiger partial charge is 0.512 e. The fourth-order valence-electron chi connectivity index (χ4n) is 4.24. The lowest BCUT2D eigenvalue weighted by Crippen LogP contribution is -2.35. The quantitative estimate of drug-likeness (QED) is 0.410. The molecule has 0 unspecified atom stereocenters. The van der Waals surface area contributed by atoms with Gasteiger partial charge in [0.15, 0.2) is 0 Å². The van der Waals surface area contributed by atoms with E-state index in [9.17, 15) is 23.4 Å². The zero-order valence-corrected chi connectivity index (χ0v) is 22.3. The molecule has 10 nitrogen and oxygen atoms in total. The van der Waals surface area contributed by atoms with Crippen molar-refractivity contribution in [1.82, 2.24) is 24.4 Å². The van der Waals surface area contributed by atoms with Gasteiger partial charge in [-0.15, -0.1) is 10.2 Å². The second-order valence-electron chi connectivity index (χ2n) is 9.85. The van der Waals surface area contributed by atoms with E-state index in [4.69, 9.17) is 0 Å². The lowest BCUT2D eigenvalue weighted by Gasteiger charge is -2.26. The maximum Gasteiger partial charge on any atom is 0.289 e. The molecule has 1 aliphatic heterocycles. The Hall–Kier alpha value is -2.76. The van der Waals surface area contributed by atoms with E-state index >= 15 is 0 Å². The Morgan fingerprint density at radius 2 is 1.69 bits per heavy atom. The van der Waals surface area contributed by atoms with E-state index in [-0.39, 0.29) is 41.5 Å². The Bertz CT molecular complexity index is 1180. The summed E-state index contributed by atoms with van der Waals surface area (Å²) in [5.74, 6) is 0.0750. The van der Waals surface area contributed by atoms with Crippen LogP contribution >= 0.6 is 0 Å². The first-order valence-corrected chi connectivity index (χ1v) is 13.8. The highest BCUT2D eigenvalue weighted by Crippen LogP contribution is 2.24. The van der Waals surface area contributed by atoms with Crippen LogP contribution in [0.2, 0.25) is 0 Å². The number of piperidine rings is 1. The van der Waals surface area contributed by atoms with Crippen LogP contribution in [0.4, 0.5) is 0 Å². The van der Waals surface area contributed by atoms with Crippen LogP contribution < -0.4 is 5.32 Å². The number of hydrogen-bond acceptors (Lipinski definition) is 7. The zero-order chi connectivity index (χ0) is 26.5. The summed E-state index contributed by atoms with van der Waals surface area (Å²) < 4.78 is 29.1. The number of nitrogens with one attached hydrogen (secondary N) is 1. The lowest BCUT2D eigenvalue weighted by atomic mass is 10.0. The Morgan fingerprint density at radius 3 is 2.25 bits per heavy atom. The first-order chi connectivity index (χ1) is 17.0. The first-order valence-electron chi connectivity index (χ1n) is 12.4. The SMILES string of the molecule is CC(C)CC(CO)=C(O)Cc1nnc(C(=O)NC(C)C)n1-c1ccc(S(=O)(=O)N2CCCCC2)cc1. The van der Waals surface area contributed by atoms with Gasteiger partial charge in [0, 0.05) is 24.8 Å². The van der Waals surface area contributed by atoms with Crippen LogP contribution in [0.3, 0.4) is 0 Å². The highest BCUT2D eigenvalue weighted by Gasteiger charge is 2.27. The van der Waals surface area contributed by atoms with Crippen LogP contribution in [-0.4, -0.2) is 69.3 Å². The fourth-order valence-corrected chi connectivity index (χ4v) is 5.76. The molecule has 0 bridgehead atoms. The summed E-state index contributed by atoms with van der Waals surface area (Å²) in [7, 11) is -3.61. The number of carbonyl (C=O) groups is 1. The fraction of sp³-hybridized carbons (Fsp3) is 0.560. The molecule has 36 heavy (non-hydrogen) atoms. The Labute approximate surface area is 213 Å². The molecular weight excluding hydrogens is 482 g/mol. The number of benzene rings is 1. The number of carbonyl (C=O) groups excluding carboxylic acids is 1. The summed E-state index contributed by atoms with van der Waals surface area (Å²) in [5.41, 5.74) is 0.986. The molecule has 2 heterocycles. The minimum Gasteiger partial charge on any atom is -0.512 e. The summed E-state index contributed by atoms with van der Waals surface area (Å²) in [6.07, 6.45) is 3.19. The number of nitrogens with zero attached hydrogens (tertiary/aromatic N) is 4. The third-order valence-electron chi connectivity index (χ3n) is 5.98. The van der Waals surface area contributed by atoms with Crippen molar-refractivity contribution in [3.8, 4) is 5.69 Å². The van der Waals surface area contributed by atoms with Crippen LogP contribution in [0, 0.1) is 5.92 Å². The van der Waals surface area contributed by atoms with E-state index in [1.807, 2.05) is 27.7 Å². The molecule has 1 aromatic carbocycles. The van der Waals surface area contributed by atoms with E-state index in [2.05, 4.69) is 15.5 Å². The monoisotopic (exact) mass is 519 g/mol. The highest BCUT2D eigenvalue weighted by molar-refractivity contribution is 7.89. The van der Waals surface area contributed by atoms with Crippen molar-refractivity contribution < 1.29 is 23.4 Å². The minimum atomic E-state index is -3.61. The number of aliphatic hydroxyl groups is 2. The van der Waals surface area contributed by atoms with Gasteiger partial charge in [-0.25, -0.2) is 8.42 Å². The van der Waals surface area contributed by atoms with Crippen LogP contribution in [0.25, 0.3) is 5.69 Å². The Morgan fingerprint density at radius 1 is 1.06 bits per heavy atom. The predicted molar refractivity (Wildman–Crippen MR) is 136 cm³/mol. The normalized spacial score (nSPS) is 15.9. The number of aliphatic hydroxyl groups excluding tert-OH is 2. The van der Waals surface area contributed by atoms with Crippen molar-refractivity contribution in [2.24, 2.45) is 5.92 Å². The van der Waals surface area contributed by atoms with Gasteiger partial charge in [0.2, 0.25) is 15.8 Å². The van der Waals surface area contributed by atoms with Crippen molar-refractivity contribution in [1.29, 1.82) is 0 Å². The Balaban J connectivity index is 2.01. The maximum atomic E-state index is 13.1. The average molecular weight is 520 g/mol. The molecule has 198 valence electrons. The molecule has 1 fully saturated rings. The van der Waals surface area contributed by atoms with Gasteiger partial charge < -0.3 is 15.5 Å². The van der Waals surface area contributed by atoms with E-state index < -0.39 is 15.9 Å². The highest BCUT2D eigenvalue weighted by atomic mass is 32.2. The topological polar surface area (TPSA) is 138 Å². The van der Waals surface area contributed by atoms with Crippen LogP contribution in [0.1, 0.15) is 69.8 Å². The molecule has 1 aliphatic rings. The van der Waals surface area contributed by atoms with E-state index in [0.717, 1.165) is 19.3 Å². The van der Waals surface area contributed by atoms with Gasteiger partial charge in [-0.1, -0.05) is 20.3 Å². The number of rotatable bonds is 10. The molecule has 0 radical (unpaired) electrons. The second-order valence-corrected chi connectivity index (χ2v) is 11.8. The number of aromatic nitrogens is 3. The maximum absolute atomic E-state index is 13.1. The average Bonchev–Trinajstić information content (AvgIpc) is 3.26. The molecule has 1 amide bonds. The molecule has 0 spiro atoms. The zero-order valence-electron chi connectivity index (χ0n) is 21.4. The summed E-state index contributed by atoms with van der Waals surface area (Å²) in [6.45, 7) is 8.35. The summed E-state index contributed by atoms with van der Waals surface area (Å²) in [6, 6.07) is 6.11.